The first-order valence-corrected chi connectivity index (χ1v) is 13.8. The van der Waals surface area contributed by atoms with E-state index in [1.165, 1.54) is 17.3 Å². The minimum Gasteiger partial charge on any atom is -0.485 e. The molecule has 0 N–H and O–H groups in total. The van der Waals surface area contributed by atoms with Gasteiger partial charge in [0, 0.05) is 38.4 Å². The van der Waals surface area contributed by atoms with Crippen LogP contribution in [0.1, 0.15) is 17.5 Å². The Morgan fingerprint density at radius 3 is 2.26 bits per heavy atom. The van der Waals surface area contributed by atoms with E-state index in [0.29, 0.717) is 29.1 Å². The Morgan fingerprint density at radius 1 is 0.846 bits per heavy atom. The van der Waals surface area contributed by atoms with Gasteiger partial charge in [0.1, 0.15) is 6.61 Å². The Balaban J connectivity index is 0.00000308. The van der Waals surface area contributed by atoms with Crippen molar-refractivity contribution in [1.29, 1.82) is 0 Å². The third-order valence-corrected chi connectivity index (χ3v) is 7.68. The molecule has 1 amide bonds. The number of piperazine rings is 1. The molecule has 10 heteroatoms. The van der Waals surface area contributed by atoms with Crippen LogP contribution in [0.4, 0.5) is 0 Å². The summed E-state index contributed by atoms with van der Waals surface area (Å²) in [5.41, 5.74) is 2.22. The molecule has 3 heterocycles. The number of fused-ring (bicyclic) bond motifs is 1. The summed E-state index contributed by atoms with van der Waals surface area (Å²) < 4.78 is 14.1. The predicted octanol–water partition coefficient (Wildman–Crippen LogP) is 4.64. The summed E-state index contributed by atoms with van der Waals surface area (Å²) in [6, 6.07) is 28.0. The summed E-state index contributed by atoms with van der Waals surface area (Å²) in [6.45, 7) is 4.45. The average molecular weight is 564 g/mol. The molecular weight excluding hydrogens is 534 g/mol. The minimum absolute atomic E-state index is 0. The third kappa shape index (κ3) is 6.21. The largest absolute Gasteiger partial charge is 0.485 e. The molecule has 0 bridgehead atoms. The highest BCUT2D eigenvalue weighted by molar-refractivity contribution is 7.99. The molecular formula is C29H30ClN5O3S. The Hall–Kier alpha value is -3.53. The monoisotopic (exact) mass is 563 g/mol. The van der Waals surface area contributed by atoms with E-state index in [-0.39, 0.29) is 18.3 Å². The summed E-state index contributed by atoms with van der Waals surface area (Å²) in [7, 11) is 0. The molecule has 0 spiro atoms. The van der Waals surface area contributed by atoms with E-state index in [1.54, 1.807) is 0 Å². The van der Waals surface area contributed by atoms with Crippen molar-refractivity contribution in [3.05, 3.63) is 96.3 Å². The number of ether oxygens (including phenoxy) is 2. The van der Waals surface area contributed by atoms with Crippen LogP contribution in [0.15, 0.2) is 90.1 Å². The van der Waals surface area contributed by atoms with Crippen molar-refractivity contribution in [3.8, 4) is 17.2 Å². The summed E-state index contributed by atoms with van der Waals surface area (Å²) in [6.07, 6.45) is -0.416. The fourth-order valence-corrected chi connectivity index (χ4v) is 5.63. The van der Waals surface area contributed by atoms with E-state index in [9.17, 15) is 4.79 Å². The Labute approximate surface area is 238 Å². The van der Waals surface area contributed by atoms with Crippen molar-refractivity contribution in [2.75, 3.05) is 38.5 Å². The number of hydrogen-bond donors (Lipinski definition) is 0. The molecule has 6 rings (SSSR count). The van der Waals surface area contributed by atoms with Gasteiger partial charge in [0.2, 0.25) is 5.91 Å². The maximum absolute atomic E-state index is 13.1. The summed E-state index contributed by atoms with van der Waals surface area (Å²) in [5.74, 6) is 2.47. The Bertz CT molecular complexity index is 1380. The maximum atomic E-state index is 13.1. The van der Waals surface area contributed by atoms with Gasteiger partial charge >= 0.3 is 0 Å². The van der Waals surface area contributed by atoms with Crippen LogP contribution in [-0.2, 0) is 11.3 Å². The number of aromatic nitrogens is 3. The van der Waals surface area contributed by atoms with Gasteiger partial charge < -0.3 is 14.4 Å². The summed E-state index contributed by atoms with van der Waals surface area (Å²) in [5, 5.41) is 9.60. The molecule has 2 aliphatic rings. The van der Waals surface area contributed by atoms with Gasteiger partial charge in [-0.2, -0.15) is 0 Å². The smallest absolute Gasteiger partial charge is 0.233 e. The van der Waals surface area contributed by atoms with Crippen LogP contribution in [0.2, 0.25) is 0 Å². The van der Waals surface area contributed by atoms with Crippen molar-refractivity contribution < 1.29 is 14.3 Å². The topological polar surface area (TPSA) is 72.7 Å². The van der Waals surface area contributed by atoms with Gasteiger partial charge in [-0.3, -0.25) is 14.3 Å². The Morgan fingerprint density at radius 2 is 1.51 bits per heavy atom. The SMILES string of the molecule is Cl.O=C(CSc1nnc(C2COc3ccccc3O2)n1-c1ccccc1)N1CCN(Cc2ccccc2)CC1. The molecule has 0 aliphatic carbocycles. The molecule has 1 fully saturated rings. The maximum Gasteiger partial charge on any atom is 0.233 e. The van der Waals surface area contributed by atoms with E-state index in [2.05, 4.69) is 39.4 Å². The molecule has 3 aromatic carbocycles. The lowest BCUT2D eigenvalue weighted by atomic mass is 10.2. The summed E-state index contributed by atoms with van der Waals surface area (Å²) >= 11 is 1.41. The van der Waals surface area contributed by atoms with Crippen molar-refractivity contribution >= 4 is 30.1 Å². The van der Waals surface area contributed by atoms with E-state index >= 15 is 0 Å². The first kappa shape index (κ1) is 27.1. The molecule has 2 aliphatic heterocycles. The van der Waals surface area contributed by atoms with Crippen LogP contribution in [0, 0.1) is 0 Å². The lowest BCUT2D eigenvalue weighted by Crippen LogP contribution is -2.48. The highest BCUT2D eigenvalue weighted by Crippen LogP contribution is 2.37. The zero-order valence-electron chi connectivity index (χ0n) is 21.4. The van der Waals surface area contributed by atoms with Crippen LogP contribution < -0.4 is 9.47 Å². The normalized spacial score (nSPS) is 16.9. The highest BCUT2D eigenvalue weighted by atomic mass is 35.5. The van der Waals surface area contributed by atoms with Crippen LogP contribution in [0.3, 0.4) is 0 Å². The minimum atomic E-state index is -0.416. The van der Waals surface area contributed by atoms with Crippen molar-refractivity contribution in [2.24, 2.45) is 0 Å². The number of hydrogen-bond acceptors (Lipinski definition) is 7. The number of para-hydroxylation sites is 3. The van der Waals surface area contributed by atoms with Gasteiger partial charge in [-0.25, -0.2) is 0 Å². The third-order valence-electron chi connectivity index (χ3n) is 6.77. The first-order chi connectivity index (χ1) is 18.7. The molecule has 202 valence electrons. The van der Waals surface area contributed by atoms with E-state index in [0.717, 1.165) is 44.2 Å². The van der Waals surface area contributed by atoms with E-state index < -0.39 is 6.10 Å². The second kappa shape index (κ2) is 12.5. The molecule has 0 radical (unpaired) electrons. The van der Waals surface area contributed by atoms with Gasteiger partial charge in [-0.1, -0.05) is 72.4 Å². The zero-order valence-corrected chi connectivity index (χ0v) is 23.0. The second-order valence-corrected chi connectivity index (χ2v) is 10.2. The first-order valence-electron chi connectivity index (χ1n) is 12.8. The van der Waals surface area contributed by atoms with Crippen LogP contribution in [-0.4, -0.2) is 69.0 Å². The van der Waals surface area contributed by atoms with Crippen LogP contribution >= 0.6 is 24.2 Å². The molecule has 1 unspecified atom stereocenters. The predicted molar refractivity (Wildman–Crippen MR) is 153 cm³/mol. The summed E-state index contributed by atoms with van der Waals surface area (Å²) in [4.78, 5) is 17.5. The molecule has 39 heavy (non-hydrogen) atoms. The fourth-order valence-electron chi connectivity index (χ4n) is 4.76. The highest BCUT2D eigenvalue weighted by Gasteiger charge is 2.30. The standard InChI is InChI=1S/C29H29N5O3S.ClH/c35-27(33-17-15-32(16-18-33)19-22-9-3-1-4-10-22)21-38-29-31-30-28(34(29)23-11-5-2-6-12-23)26-20-36-24-13-7-8-14-25(24)37-26;/h1-14,26H,15-21H2;1H. The van der Waals surface area contributed by atoms with Crippen molar-refractivity contribution in [1.82, 2.24) is 24.6 Å². The van der Waals surface area contributed by atoms with Gasteiger partial charge in [-0.05, 0) is 29.8 Å². The van der Waals surface area contributed by atoms with E-state index in [1.807, 2.05) is 70.1 Å². The lowest BCUT2D eigenvalue weighted by Gasteiger charge is -2.34. The second-order valence-electron chi connectivity index (χ2n) is 9.31. The van der Waals surface area contributed by atoms with Crippen molar-refractivity contribution in [3.63, 3.8) is 0 Å². The number of rotatable bonds is 7. The molecule has 1 aromatic heterocycles. The van der Waals surface area contributed by atoms with E-state index in [4.69, 9.17) is 9.47 Å². The van der Waals surface area contributed by atoms with Gasteiger partial charge in [0.25, 0.3) is 0 Å². The van der Waals surface area contributed by atoms with Gasteiger partial charge in [0.15, 0.2) is 28.6 Å². The number of nitrogens with zero attached hydrogens (tertiary/aromatic N) is 5. The number of benzene rings is 3. The fraction of sp³-hybridized carbons (Fsp3) is 0.276. The number of amides is 1. The molecule has 1 saturated heterocycles. The van der Waals surface area contributed by atoms with Gasteiger partial charge in [-0.15, -0.1) is 22.6 Å². The molecule has 1 atom stereocenters. The quantitative estimate of drug-likeness (QED) is 0.303. The number of carbonyl (C=O) groups is 1. The average Bonchev–Trinajstić information content (AvgIpc) is 3.41. The lowest BCUT2D eigenvalue weighted by molar-refractivity contribution is -0.130. The van der Waals surface area contributed by atoms with Crippen LogP contribution in [0.25, 0.3) is 5.69 Å². The van der Waals surface area contributed by atoms with Gasteiger partial charge in [0.05, 0.1) is 5.75 Å². The number of thioether (sulfide) groups is 1. The molecule has 4 aromatic rings. The van der Waals surface area contributed by atoms with Crippen LogP contribution in [0.5, 0.6) is 11.5 Å². The Kier molecular flexibility index (Phi) is 8.71. The molecule has 0 saturated carbocycles. The zero-order chi connectivity index (χ0) is 25.7. The molecule has 8 nitrogen and oxygen atoms in total. The number of halogens is 1. The number of carbonyl (C=O) groups excluding carboxylic acids is 1. The van der Waals surface area contributed by atoms with Crippen molar-refractivity contribution in [2.45, 2.75) is 17.8 Å².